The molecule has 1 aromatic carbocycles. The molecule has 1 aliphatic carbocycles. The van der Waals surface area contributed by atoms with Gasteiger partial charge >= 0.3 is 12.1 Å². The molecule has 198 valence electrons. The van der Waals surface area contributed by atoms with Gasteiger partial charge in [0.25, 0.3) is 12.6 Å². The van der Waals surface area contributed by atoms with Crippen molar-refractivity contribution in [3.63, 3.8) is 0 Å². The van der Waals surface area contributed by atoms with Crippen molar-refractivity contribution in [3.8, 4) is 0 Å². The van der Waals surface area contributed by atoms with Crippen LogP contribution < -0.4 is 17.0 Å². The summed E-state index contributed by atoms with van der Waals surface area (Å²) in [7, 11) is 1.54. The second-order valence-electron chi connectivity index (χ2n) is 9.17. The minimum Gasteiger partial charge on any atom is -1.00 e. The van der Waals surface area contributed by atoms with Crippen molar-refractivity contribution in [3.05, 3.63) is 64.9 Å². The molecule has 37 heavy (non-hydrogen) atoms. The molecule has 4 rings (SSSR count). The first-order valence-corrected chi connectivity index (χ1v) is 12.4. The van der Waals surface area contributed by atoms with E-state index in [0.717, 1.165) is 12.8 Å². The largest absolute Gasteiger partial charge is 1.00 e. The van der Waals surface area contributed by atoms with Gasteiger partial charge in [-0.1, -0.05) is 29.8 Å². The second-order valence-corrected chi connectivity index (χ2v) is 9.58. The van der Waals surface area contributed by atoms with Crippen molar-refractivity contribution >= 4 is 35.4 Å². The molecule has 1 aliphatic heterocycles. The number of likely N-dealkylation sites (N-methyl/N-ethyl adjacent to an activating group) is 1. The molecule has 2 atom stereocenters. The topological polar surface area (TPSA) is 108 Å². The van der Waals surface area contributed by atoms with Gasteiger partial charge in [-0.3, -0.25) is 14.5 Å². The van der Waals surface area contributed by atoms with Crippen LogP contribution in [0.5, 0.6) is 0 Å². The molecule has 2 fully saturated rings. The number of benzene rings is 1. The Hall–Kier alpha value is -3.17. The van der Waals surface area contributed by atoms with E-state index in [1.807, 2.05) is 0 Å². The van der Waals surface area contributed by atoms with Crippen LogP contribution in [0.2, 0.25) is 5.02 Å². The predicted molar refractivity (Wildman–Crippen MR) is 129 cm³/mol. The molecule has 11 heteroatoms. The van der Waals surface area contributed by atoms with E-state index in [9.17, 15) is 24.3 Å². The average Bonchev–Trinajstić information content (AvgIpc) is 3.38. The number of carboxylic acid groups (broad SMARTS) is 1. The summed E-state index contributed by atoms with van der Waals surface area (Å²) in [6.45, 7) is 0.183. The van der Waals surface area contributed by atoms with Gasteiger partial charge in [0, 0.05) is 36.7 Å². The molecule has 2 heterocycles. The van der Waals surface area contributed by atoms with Crippen molar-refractivity contribution in [2.24, 2.45) is 0 Å². The molecule has 2 amide bonds. The van der Waals surface area contributed by atoms with Crippen molar-refractivity contribution in [2.45, 2.75) is 56.8 Å². The number of amides is 2. The number of aromatic nitrogens is 1. The third-order valence-corrected chi connectivity index (χ3v) is 7.39. The molecule has 1 saturated heterocycles. The average molecular weight is 550 g/mol. The lowest BCUT2D eigenvalue weighted by molar-refractivity contribution is -0.727. The normalized spacial score (nSPS) is 21.2. The van der Waals surface area contributed by atoms with E-state index in [2.05, 4.69) is 0 Å². The number of ether oxygens (including phenoxy) is 1. The zero-order valence-corrected chi connectivity index (χ0v) is 22.0. The Morgan fingerprint density at radius 1 is 1.19 bits per heavy atom. The smallest absolute Gasteiger partial charge is 0.415 e. The lowest BCUT2D eigenvalue weighted by atomic mass is 9.74. The monoisotopic (exact) mass is 549 g/mol. The zero-order valence-electron chi connectivity index (χ0n) is 20.4. The van der Waals surface area contributed by atoms with E-state index < -0.39 is 23.6 Å². The molecule has 2 aliphatic rings. The fourth-order valence-corrected chi connectivity index (χ4v) is 5.47. The lowest BCUT2D eigenvalue weighted by Gasteiger charge is -2.43. The number of carboxylic acids is 1. The first kappa shape index (κ1) is 28.4. The van der Waals surface area contributed by atoms with E-state index in [1.54, 1.807) is 49.6 Å². The van der Waals surface area contributed by atoms with Gasteiger partial charge in [0.05, 0.1) is 0 Å². The Morgan fingerprint density at radius 2 is 1.95 bits per heavy atom. The molecule has 2 aromatic rings. The van der Waals surface area contributed by atoms with Gasteiger partial charge in [-0.05, 0) is 44.2 Å². The fraction of sp³-hybridized carbons (Fsp3) is 0.423. The van der Waals surface area contributed by atoms with Crippen LogP contribution in [0.3, 0.4) is 0 Å². The number of carbonyl (C=O) groups is 4. The van der Waals surface area contributed by atoms with Gasteiger partial charge in [-0.2, -0.15) is 4.57 Å². The second kappa shape index (κ2) is 11.9. The highest BCUT2D eigenvalue weighted by Gasteiger charge is 2.48. The number of halogens is 2. The van der Waals surface area contributed by atoms with E-state index in [0.29, 0.717) is 48.4 Å². The summed E-state index contributed by atoms with van der Waals surface area (Å²) in [5.74, 6) is -1.49. The van der Waals surface area contributed by atoms with Gasteiger partial charge in [0.15, 0.2) is 18.2 Å². The maximum Gasteiger partial charge on any atom is 0.415 e. The SMILES string of the molecule is CN(C(=O)OC[n+]1cccc(C(=O)N2CCC[C@H]2C(=O)O)c1)C1(c2ccccc2Cl)CCCCC1=O.[Cl-]. The summed E-state index contributed by atoms with van der Waals surface area (Å²) in [4.78, 5) is 53.4. The van der Waals surface area contributed by atoms with E-state index in [1.165, 1.54) is 20.6 Å². The number of hydrogen-bond donors (Lipinski definition) is 1. The van der Waals surface area contributed by atoms with Crippen molar-refractivity contribution in [2.75, 3.05) is 13.6 Å². The Labute approximate surface area is 226 Å². The third kappa shape index (κ3) is 5.57. The highest BCUT2D eigenvalue weighted by atomic mass is 35.5. The summed E-state index contributed by atoms with van der Waals surface area (Å²) < 4.78 is 7.06. The number of likely N-dealkylation sites (tertiary alicyclic amines) is 1. The summed E-state index contributed by atoms with van der Waals surface area (Å²) in [6, 6.07) is 9.42. The highest BCUT2D eigenvalue weighted by Crippen LogP contribution is 2.42. The van der Waals surface area contributed by atoms with Crippen LogP contribution >= 0.6 is 11.6 Å². The van der Waals surface area contributed by atoms with Gasteiger partial charge in [0.2, 0.25) is 0 Å². The molecule has 1 N–H and O–H groups in total. The molecule has 0 spiro atoms. The summed E-state index contributed by atoms with van der Waals surface area (Å²) in [5.41, 5.74) is -0.336. The van der Waals surface area contributed by atoms with E-state index in [-0.39, 0.29) is 30.8 Å². The molecular weight excluding hydrogens is 521 g/mol. The van der Waals surface area contributed by atoms with Crippen molar-refractivity contribution in [1.29, 1.82) is 0 Å². The lowest BCUT2D eigenvalue weighted by Crippen LogP contribution is -3.00. The molecule has 1 aromatic heterocycles. The van der Waals surface area contributed by atoms with Crippen LogP contribution in [0.4, 0.5) is 4.79 Å². The van der Waals surface area contributed by atoms with Crippen molar-refractivity contribution < 1.29 is 46.0 Å². The summed E-state index contributed by atoms with van der Waals surface area (Å²) in [5, 5.41) is 9.80. The molecule has 1 saturated carbocycles. The number of pyridine rings is 1. The summed E-state index contributed by atoms with van der Waals surface area (Å²) >= 11 is 6.46. The Bertz CT molecular complexity index is 1190. The first-order chi connectivity index (χ1) is 17.3. The van der Waals surface area contributed by atoms with Gasteiger partial charge in [-0.25, -0.2) is 9.59 Å². The van der Waals surface area contributed by atoms with Gasteiger partial charge in [-0.15, -0.1) is 0 Å². The van der Waals surface area contributed by atoms with Gasteiger partial charge < -0.3 is 27.2 Å². The number of Topliss-reactive ketones (excluding diaryl/α,β-unsaturated/α-hetero) is 1. The zero-order chi connectivity index (χ0) is 25.9. The third-order valence-electron chi connectivity index (χ3n) is 7.06. The summed E-state index contributed by atoms with van der Waals surface area (Å²) in [6.07, 6.45) is 5.82. The number of hydrogen-bond acceptors (Lipinski definition) is 5. The van der Waals surface area contributed by atoms with Crippen LogP contribution in [0.1, 0.15) is 54.4 Å². The number of carbonyl (C=O) groups excluding carboxylic acids is 3. The molecular formula is C26H29Cl2N3O6. The molecule has 0 bridgehead atoms. The van der Waals surface area contributed by atoms with Crippen molar-refractivity contribution in [1.82, 2.24) is 9.80 Å². The predicted octanol–water partition coefficient (Wildman–Crippen LogP) is 0.385. The Kier molecular flexibility index (Phi) is 9.15. The number of aliphatic carboxylic acids is 1. The van der Waals surface area contributed by atoms with E-state index in [4.69, 9.17) is 16.3 Å². The standard InChI is InChI=1S/C26H28ClN3O6.ClH/c1-28(26(13-5-4-12-22(26)31)19-9-2-3-10-20(19)27)25(35)36-17-29-14-6-8-18(16-29)23(32)30-15-7-11-21(30)24(33)34;/h2-3,6,8-10,14,16,21H,4-5,7,11-13,15,17H2,1H3;1H/t21-,26?;/m0./s1. The Balaban J connectivity index is 0.00000380. The molecule has 9 nitrogen and oxygen atoms in total. The van der Waals surface area contributed by atoms with Crippen LogP contribution in [-0.4, -0.2) is 58.3 Å². The Morgan fingerprint density at radius 3 is 2.65 bits per heavy atom. The number of rotatable bonds is 6. The fourth-order valence-electron chi connectivity index (χ4n) is 5.17. The van der Waals surface area contributed by atoms with Crippen LogP contribution in [0.25, 0.3) is 0 Å². The molecule has 0 radical (unpaired) electrons. The quantitative estimate of drug-likeness (QED) is 0.522. The number of ketones is 1. The minimum atomic E-state index is -1.21. The maximum atomic E-state index is 13.2. The first-order valence-electron chi connectivity index (χ1n) is 12.0. The van der Waals surface area contributed by atoms with Crippen LogP contribution in [-0.2, 0) is 26.6 Å². The van der Waals surface area contributed by atoms with Gasteiger partial charge in [0.1, 0.15) is 17.1 Å². The minimum absolute atomic E-state index is 0. The van der Waals surface area contributed by atoms with Crippen LogP contribution in [0.15, 0.2) is 48.8 Å². The molecule has 1 unspecified atom stereocenters. The maximum absolute atomic E-state index is 13.2. The van der Waals surface area contributed by atoms with Crippen LogP contribution in [0, 0.1) is 0 Å². The number of nitrogens with zero attached hydrogens (tertiary/aromatic N) is 3. The highest BCUT2D eigenvalue weighted by molar-refractivity contribution is 6.31. The van der Waals surface area contributed by atoms with E-state index >= 15 is 0 Å².